The summed E-state index contributed by atoms with van der Waals surface area (Å²) in [5, 5.41) is 0. The van der Waals surface area contributed by atoms with Gasteiger partial charge in [0, 0.05) is 11.8 Å². The van der Waals surface area contributed by atoms with Crippen LogP contribution in [0.25, 0.3) is 11.1 Å². The summed E-state index contributed by atoms with van der Waals surface area (Å²) in [4.78, 5) is 7.92. The number of hydrogen-bond donors (Lipinski definition) is 2. The fourth-order valence-corrected chi connectivity index (χ4v) is 1.96. The molecule has 21 heavy (non-hydrogen) atoms. The van der Waals surface area contributed by atoms with Crippen molar-refractivity contribution in [1.82, 2.24) is 9.97 Å². The Morgan fingerprint density at radius 3 is 2.14 bits per heavy atom. The van der Waals surface area contributed by atoms with Gasteiger partial charge >= 0.3 is 0 Å². The summed E-state index contributed by atoms with van der Waals surface area (Å²) < 4.78 is 5.74. The second-order valence-electron chi connectivity index (χ2n) is 4.47. The van der Waals surface area contributed by atoms with Crippen LogP contribution in [0, 0.1) is 0 Å². The molecule has 1 aromatic heterocycles. The first-order valence-corrected chi connectivity index (χ1v) is 6.44. The molecule has 0 aliphatic carbocycles. The Labute approximate surface area is 122 Å². The summed E-state index contributed by atoms with van der Waals surface area (Å²) in [6, 6.07) is 17.2. The number of rotatable bonds is 3. The van der Waals surface area contributed by atoms with Crippen LogP contribution in [-0.2, 0) is 0 Å². The van der Waals surface area contributed by atoms with Crippen LogP contribution in [0.15, 0.2) is 60.8 Å². The number of benzene rings is 2. The topological polar surface area (TPSA) is 87.0 Å². The maximum absolute atomic E-state index is 5.85. The van der Waals surface area contributed by atoms with E-state index in [4.69, 9.17) is 16.2 Å². The summed E-state index contributed by atoms with van der Waals surface area (Å²) >= 11 is 0. The van der Waals surface area contributed by atoms with Crippen LogP contribution in [0.5, 0.6) is 11.5 Å². The van der Waals surface area contributed by atoms with Crippen LogP contribution in [0.3, 0.4) is 0 Å². The zero-order valence-corrected chi connectivity index (χ0v) is 11.2. The lowest BCUT2D eigenvalue weighted by molar-refractivity contribution is 0.483. The quantitative estimate of drug-likeness (QED) is 0.768. The second kappa shape index (κ2) is 5.50. The van der Waals surface area contributed by atoms with E-state index in [0.717, 1.165) is 22.6 Å². The van der Waals surface area contributed by atoms with Gasteiger partial charge in [-0.1, -0.05) is 30.3 Å². The van der Waals surface area contributed by atoms with E-state index >= 15 is 0 Å². The zero-order chi connectivity index (χ0) is 14.7. The molecule has 0 amide bonds. The highest BCUT2D eigenvalue weighted by molar-refractivity contribution is 5.73. The Morgan fingerprint density at radius 1 is 0.810 bits per heavy atom. The van der Waals surface area contributed by atoms with E-state index in [-0.39, 0.29) is 5.95 Å². The van der Waals surface area contributed by atoms with E-state index in [0.29, 0.717) is 5.82 Å². The first-order chi connectivity index (χ1) is 10.2. The van der Waals surface area contributed by atoms with Crippen molar-refractivity contribution >= 4 is 11.8 Å². The maximum Gasteiger partial charge on any atom is 0.221 e. The molecule has 0 fully saturated rings. The van der Waals surface area contributed by atoms with Gasteiger partial charge in [-0.3, -0.25) is 0 Å². The number of nitrogen functional groups attached to an aromatic ring is 2. The third kappa shape index (κ3) is 2.92. The molecule has 0 saturated carbocycles. The lowest BCUT2D eigenvalue weighted by atomic mass is 10.1. The minimum absolute atomic E-state index is 0.167. The molecule has 4 N–H and O–H groups in total. The molecule has 0 aliphatic heterocycles. The maximum atomic E-state index is 5.85. The average Bonchev–Trinajstić information content (AvgIpc) is 2.49. The van der Waals surface area contributed by atoms with Crippen molar-refractivity contribution in [3.63, 3.8) is 0 Å². The minimum Gasteiger partial charge on any atom is -0.457 e. The minimum atomic E-state index is 0.167. The van der Waals surface area contributed by atoms with Crippen LogP contribution in [-0.4, -0.2) is 9.97 Å². The fraction of sp³-hybridized carbons (Fsp3) is 0. The summed E-state index contributed by atoms with van der Waals surface area (Å²) in [5.41, 5.74) is 13.0. The zero-order valence-electron chi connectivity index (χ0n) is 11.2. The van der Waals surface area contributed by atoms with Gasteiger partial charge in [-0.05, 0) is 29.8 Å². The number of para-hydroxylation sites is 1. The smallest absolute Gasteiger partial charge is 0.221 e. The van der Waals surface area contributed by atoms with Crippen molar-refractivity contribution < 1.29 is 4.74 Å². The Bertz CT molecular complexity index is 742. The Morgan fingerprint density at radius 2 is 1.48 bits per heavy atom. The van der Waals surface area contributed by atoms with E-state index in [1.807, 2.05) is 54.6 Å². The predicted octanol–water partition coefficient (Wildman–Crippen LogP) is 3.10. The summed E-state index contributed by atoms with van der Waals surface area (Å²) in [5.74, 6) is 2.07. The van der Waals surface area contributed by atoms with Crippen molar-refractivity contribution in [2.45, 2.75) is 0 Å². The van der Waals surface area contributed by atoms with Gasteiger partial charge in [0.2, 0.25) is 5.95 Å². The van der Waals surface area contributed by atoms with Crippen LogP contribution in [0.4, 0.5) is 11.8 Å². The Kier molecular flexibility index (Phi) is 3.39. The molecule has 0 saturated heterocycles. The first kappa shape index (κ1) is 12.9. The molecule has 0 radical (unpaired) electrons. The van der Waals surface area contributed by atoms with Crippen LogP contribution in [0.1, 0.15) is 0 Å². The highest BCUT2D eigenvalue weighted by atomic mass is 16.5. The molecule has 5 heteroatoms. The fourth-order valence-electron chi connectivity index (χ4n) is 1.96. The number of nitrogens with two attached hydrogens (primary N) is 2. The number of ether oxygens (including phenoxy) is 1. The van der Waals surface area contributed by atoms with Crippen molar-refractivity contribution in [1.29, 1.82) is 0 Å². The highest BCUT2D eigenvalue weighted by Crippen LogP contribution is 2.27. The largest absolute Gasteiger partial charge is 0.457 e. The van der Waals surface area contributed by atoms with E-state index in [1.54, 1.807) is 6.20 Å². The van der Waals surface area contributed by atoms with Crippen molar-refractivity contribution in [3.8, 4) is 22.6 Å². The molecular weight excluding hydrogens is 264 g/mol. The first-order valence-electron chi connectivity index (χ1n) is 6.44. The number of aromatic nitrogens is 2. The number of hydrogen-bond acceptors (Lipinski definition) is 5. The van der Waals surface area contributed by atoms with Crippen molar-refractivity contribution in [3.05, 3.63) is 60.8 Å². The van der Waals surface area contributed by atoms with E-state index in [1.165, 1.54) is 0 Å². The van der Waals surface area contributed by atoms with Gasteiger partial charge < -0.3 is 16.2 Å². The molecule has 1 heterocycles. The second-order valence-corrected chi connectivity index (χ2v) is 4.47. The Balaban J connectivity index is 1.84. The third-order valence-corrected chi connectivity index (χ3v) is 2.98. The van der Waals surface area contributed by atoms with Crippen molar-refractivity contribution in [2.75, 3.05) is 11.5 Å². The van der Waals surface area contributed by atoms with Gasteiger partial charge in [-0.15, -0.1) is 0 Å². The van der Waals surface area contributed by atoms with Crippen molar-refractivity contribution in [2.24, 2.45) is 0 Å². The summed E-state index contributed by atoms with van der Waals surface area (Å²) in [6.07, 6.45) is 1.62. The van der Waals surface area contributed by atoms with Crippen LogP contribution in [0.2, 0.25) is 0 Å². The summed E-state index contributed by atoms with van der Waals surface area (Å²) in [6.45, 7) is 0. The Hall–Kier alpha value is -3.08. The predicted molar refractivity (Wildman–Crippen MR) is 82.8 cm³/mol. The highest BCUT2D eigenvalue weighted by Gasteiger charge is 2.06. The van der Waals surface area contributed by atoms with E-state index in [2.05, 4.69) is 9.97 Å². The summed E-state index contributed by atoms with van der Waals surface area (Å²) in [7, 11) is 0. The molecule has 3 aromatic rings. The van der Waals surface area contributed by atoms with E-state index < -0.39 is 0 Å². The normalized spacial score (nSPS) is 10.3. The lowest BCUT2D eigenvalue weighted by Crippen LogP contribution is -2.00. The standard InChI is InChI=1S/C16H14N4O/c17-15-14(10-19-16(18)20-15)11-6-8-13(9-7-11)21-12-4-2-1-3-5-12/h1-10H,(H4,17,18,19,20). The molecule has 0 spiro atoms. The average molecular weight is 278 g/mol. The molecule has 5 nitrogen and oxygen atoms in total. The number of anilines is 2. The SMILES string of the molecule is Nc1ncc(-c2ccc(Oc3ccccc3)cc2)c(N)n1. The molecule has 0 aliphatic rings. The molecule has 0 atom stereocenters. The third-order valence-electron chi connectivity index (χ3n) is 2.98. The number of nitrogens with zero attached hydrogens (tertiary/aromatic N) is 2. The molecule has 3 rings (SSSR count). The van der Waals surface area contributed by atoms with Crippen LogP contribution >= 0.6 is 0 Å². The van der Waals surface area contributed by atoms with E-state index in [9.17, 15) is 0 Å². The van der Waals surface area contributed by atoms with Gasteiger partial charge in [0.1, 0.15) is 17.3 Å². The molecular formula is C16H14N4O. The lowest BCUT2D eigenvalue weighted by Gasteiger charge is -2.08. The molecule has 2 aromatic carbocycles. The van der Waals surface area contributed by atoms with Gasteiger partial charge in [-0.2, -0.15) is 4.98 Å². The van der Waals surface area contributed by atoms with Crippen LogP contribution < -0.4 is 16.2 Å². The molecule has 0 unspecified atom stereocenters. The van der Waals surface area contributed by atoms with Gasteiger partial charge in [0.15, 0.2) is 0 Å². The van der Waals surface area contributed by atoms with Gasteiger partial charge in [0.05, 0.1) is 0 Å². The van der Waals surface area contributed by atoms with Gasteiger partial charge in [0.25, 0.3) is 0 Å². The monoisotopic (exact) mass is 278 g/mol. The molecule has 0 bridgehead atoms. The van der Waals surface area contributed by atoms with Gasteiger partial charge in [-0.25, -0.2) is 4.98 Å². The molecule has 104 valence electrons.